The zero-order chi connectivity index (χ0) is 22.9. The Morgan fingerprint density at radius 1 is 1.22 bits per heavy atom. The lowest BCUT2D eigenvalue weighted by molar-refractivity contribution is -0.139. The number of fused-ring (bicyclic) bond motifs is 1. The first-order valence-corrected chi connectivity index (χ1v) is 11.5. The summed E-state index contributed by atoms with van der Waals surface area (Å²) in [4.78, 5) is 17.5. The largest absolute Gasteiger partial charge is 0.485 e. The van der Waals surface area contributed by atoms with Crippen molar-refractivity contribution in [2.45, 2.75) is 36.3 Å². The number of hydrogen-bond acceptors (Lipinski definition) is 5. The zero-order valence-electron chi connectivity index (χ0n) is 16.8. The predicted molar refractivity (Wildman–Crippen MR) is 119 cm³/mol. The van der Waals surface area contributed by atoms with Gasteiger partial charge in [0, 0.05) is 26.7 Å². The third kappa shape index (κ3) is 5.16. The van der Waals surface area contributed by atoms with Gasteiger partial charge in [0.2, 0.25) is 0 Å². The zero-order valence-corrected chi connectivity index (χ0v) is 18.5. The van der Waals surface area contributed by atoms with Gasteiger partial charge in [0.15, 0.2) is 0 Å². The molecule has 9 heteroatoms. The lowest BCUT2D eigenvalue weighted by atomic mass is 10.1. The Labute approximate surface area is 190 Å². The van der Waals surface area contributed by atoms with Crippen molar-refractivity contribution in [2.24, 2.45) is 0 Å². The molecular weight excluding hydrogens is 459 g/mol. The maximum atomic E-state index is 12.8. The Morgan fingerprint density at radius 2 is 1.97 bits per heavy atom. The van der Waals surface area contributed by atoms with Crippen LogP contribution in [0.25, 0.3) is 16.6 Å². The number of alkyl halides is 3. The van der Waals surface area contributed by atoms with Gasteiger partial charge in [0.25, 0.3) is 0 Å². The monoisotopic (exact) mass is 477 g/mol. The summed E-state index contributed by atoms with van der Waals surface area (Å²) < 4.78 is 44.0. The number of carboxylic acids is 1. The van der Waals surface area contributed by atoms with E-state index in [4.69, 9.17) is 9.84 Å². The van der Waals surface area contributed by atoms with E-state index < -0.39 is 23.8 Å². The van der Waals surface area contributed by atoms with Crippen LogP contribution >= 0.6 is 23.1 Å². The summed E-state index contributed by atoms with van der Waals surface area (Å²) in [7, 11) is 0. The summed E-state index contributed by atoms with van der Waals surface area (Å²) in [5.74, 6) is 0.419. The Bertz CT molecular complexity index is 1170. The van der Waals surface area contributed by atoms with E-state index in [0.29, 0.717) is 22.1 Å². The molecule has 1 N–H and O–H groups in total. The van der Waals surface area contributed by atoms with Crippen molar-refractivity contribution in [3.8, 4) is 16.3 Å². The standard InChI is InChI=1S/C23H18F3NO3S2/c1-13-20(32-22(27-13)14-2-5-16(6-3-14)23(24,25)26)12-31-18-8-9-19-15(10-18)4-7-17(30-19)11-21(28)29/h2-10,17H,11-12H2,1H3,(H,28,29). The van der Waals surface area contributed by atoms with E-state index in [0.717, 1.165) is 33.2 Å². The van der Waals surface area contributed by atoms with Gasteiger partial charge in [-0.1, -0.05) is 18.2 Å². The van der Waals surface area contributed by atoms with E-state index in [1.54, 1.807) is 17.8 Å². The first-order valence-electron chi connectivity index (χ1n) is 9.66. The molecule has 2 aromatic carbocycles. The molecule has 0 radical (unpaired) electrons. The Hall–Kier alpha value is -2.78. The number of carboxylic acid groups (broad SMARTS) is 1. The predicted octanol–water partition coefficient (Wildman–Crippen LogP) is 6.68. The second kappa shape index (κ2) is 8.99. The van der Waals surface area contributed by atoms with Gasteiger partial charge in [-0.15, -0.1) is 23.1 Å². The van der Waals surface area contributed by atoms with Crippen LogP contribution in [0.3, 0.4) is 0 Å². The highest BCUT2D eigenvalue weighted by Gasteiger charge is 2.30. The third-order valence-electron chi connectivity index (χ3n) is 4.85. The highest BCUT2D eigenvalue weighted by molar-refractivity contribution is 7.98. The van der Waals surface area contributed by atoms with Crippen LogP contribution in [0.15, 0.2) is 53.4 Å². The minimum Gasteiger partial charge on any atom is -0.485 e. The first-order chi connectivity index (χ1) is 15.2. The summed E-state index contributed by atoms with van der Waals surface area (Å²) in [5.41, 5.74) is 1.73. The quantitative estimate of drug-likeness (QED) is 0.402. The van der Waals surface area contributed by atoms with Crippen molar-refractivity contribution in [2.75, 3.05) is 0 Å². The number of benzene rings is 2. The van der Waals surface area contributed by atoms with Crippen LogP contribution in [0.4, 0.5) is 13.2 Å². The fourth-order valence-electron chi connectivity index (χ4n) is 3.19. The van der Waals surface area contributed by atoms with Crippen molar-refractivity contribution in [3.05, 3.63) is 70.2 Å². The molecule has 1 aromatic heterocycles. The van der Waals surface area contributed by atoms with Crippen LogP contribution in [0.5, 0.6) is 5.75 Å². The number of aromatic nitrogens is 1. The minimum absolute atomic E-state index is 0.0850. The third-order valence-corrected chi connectivity index (χ3v) is 7.26. The summed E-state index contributed by atoms with van der Waals surface area (Å²) in [6.07, 6.45) is -1.29. The van der Waals surface area contributed by atoms with E-state index in [9.17, 15) is 18.0 Å². The van der Waals surface area contributed by atoms with Gasteiger partial charge >= 0.3 is 12.1 Å². The Kier molecular flexibility index (Phi) is 6.30. The molecule has 0 fully saturated rings. The van der Waals surface area contributed by atoms with Gasteiger partial charge in [-0.3, -0.25) is 4.79 Å². The number of aliphatic carboxylic acids is 1. The number of rotatable bonds is 6. The van der Waals surface area contributed by atoms with Crippen molar-refractivity contribution < 1.29 is 27.8 Å². The lowest BCUT2D eigenvalue weighted by Crippen LogP contribution is -2.20. The summed E-state index contributed by atoms with van der Waals surface area (Å²) in [6, 6.07) is 10.8. The van der Waals surface area contributed by atoms with Crippen LogP contribution in [0.1, 0.15) is 28.1 Å². The molecule has 4 nitrogen and oxygen atoms in total. The second-order valence-corrected chi connectivity index (χ2v) is 9.34. The molecule has 166 valence electrons. The Balaban J connectivity index is 1.43. The van der Waals surface area contributed by atoms with E-state index in [1.807, 2.05) is 31.2 Å². The van der Waals surface area contributed by atoms with Crippen molar-refractivity contribution >= 4 is 35.1 Å². The maximum Gasteiger partial charge on any atom is 0.416 e. The van der Waals surface area contributed by atoms with E-state index in [1.165, 1.54) is 23.5 Å². The molecule has 2 heterocycles. The first kappa shape index (κ1) is 22.4. The number of carbonyl (C=O) groups is 1. The number of aryl methyl sites for hydroxylation is 1. The number of halogens is 3. The molecule has 32 heavy (non-hydrogen) atoms. The van der Waals surface area contributed by atoms with Crippen LogP contribution in [-0.2, 0) is 16.7 Å². The van der Waals surface area contributed by atoms with Crippen molar-refractivity contribution in [3.63, 3.8) is 0 Å². The normalized spacial score (nSPS) is 15.3. The van der Waals surface area contributed by atoms with E-state index >= 15 is 0 Å². The number of hydrogen-bond donors (Lipinski definition) is 1. The number of thiazole rings is 1. The van der Waals surface area contributed by atoms with Gasteiger partial charge in [-0.25, -0.2) is 4.98 Å². The molecule has 0 spiro atoms. The second-order valence-electron chi connectivity index (χ2n) is 7.20. The van der Waals surface area contributed by atoms with Gasteiger partial charge in [-0.2, -0.15) is 13.2 Å². The summed E-state index contributed by atoms with van der Waals surface area (Å²) in [5, 5.41) is 9.60. The number of ether oxygens (including phenoxy) is 1. The molecule has 3 aromatic rings. The molecule has 1 unspecified atom stereocenters. The molecule has 4 rings (SSSR count). The summed E-state index contributed by atoms with van der Waals surface area (Å²) in [6.45, 7) is 1.89. The molecule has 1 aliphatic rings. The Morgan fingerprint density at radius 3 is 2.66 bits per heavy atom. The molecule has 0 saturated heterocycles. The van der Waals surface area contributed by atoms with E-state index in [2.05, 4.69) is 4.98 Å². The highest BCUT2D eigenvalue weighted by Crippen LogP contribution is 2.36. The highest BCUT2D eigenvalue weighted by atomic mass is 32.2. The maximum absolute atomic E-state index is 12.8. The van der Waals surface area contributed by atoms with Gasteiger partial charge in [-0.05, 0) is 43.3 Å². The fraction of sp³-hybridized carbons (Fsp3) is 0.217. The molecule has 0 aliphatic carbocycles. The molecule has 0 amide bonds. The SMILES string of the molecule is Cc1nc(-c2ccc(C(F)(F)F)cc2)sc1CSc1ccc2c(c1)C=CC(CC(=O)O)O2. The van der Waals surface area contributed by atoms with Gasteiger partial charge in [0.05, 0.1) is 17.7 Å². The lowest BCUT2D eigenvalue weighted by Gasteiger charge is -2.20. The molecule has 0 bridgehead atoms. The van der Waals surface area contributed by atoms with Gasteiger partial charge in [0.1, 0.15) is 16.9 Å². The fourth-order valence-corrected chi connectivity index (χ4v) is 5.34. The van der Waals surface area contributed by atoms with Crippen LogP contribution < -0.4 is 4.74 Å². The van der Waals surface area contributed by atoms with Crippen molar-refractivity contribution in [1.82, 2.24) is 4.98 Å². The van der Waals surface area contributed by atoms with Crippen LogP contribution in [-0.4, -0.2) is 22.2 Å². The van der Waals surface area contributed by atoms with Crippen molar-refractivity contribution in [1.29, 1.82) is 0 Å². The average molecular weight is 478 g/mol. The van der Waals surface area contributed by atoms with Gasteiger partial charge < -0.3 is 9.84 Å². The smallest absolute Gasteiger partial charge is 0.416 e. The minimum atomic E-state index is -4.36. The average Bonchev–Trinajstić information content (AvgIpc) is 3.12. The number of nitrogens with zero attached hydrogens (tertiary/aromatic N) is 1. The van der Waals surface area contributed by atoms with Crippen LogP contribution in [0.2, 0.25) is 0 Å². The molecule has 1 atom stereocenters. The van der Waals surface area contributed by atoms with Crippen LogP contribution in [0, 0.1) is 6.92 Å². The number of thioether (sulfide) groups is 1. The summed E-state index contributed by atoms with van der Waals surface area (Å²) >= 11 is 3.10. The van der Waals surface area contributed by atoms with E-state index in [-0.39, 0.29) is 6.42 Å². The molecule has 1 aliphatic heterocycles. The molecular formula is C23H18F3NO3S2. The topological polar surface area (TPSA) is 59.4 Å². The molecule has 0 saturated carbocycles.